The Balaban J connectivity index is 1.61. The number of piperazine rings is 1. The molecule has 5 heterocycles. The lowest BCUT2D eigenvalue weighted by molar-refractivity contribution is 0.0202. The van der Waals surface area contributed by atoms with Gasteiger partial charge in [-0.3, -0.25) is 0 Å². The van der Waals surface area contributed by atoms with Crippen LogP contribution in [0.2, 0.25) is 5.02 Å². The average Bonchev–Trinajstić information content (AvgIpc) is 3.12. The third-order valence-corrected chi connectivity index (χ3v) is 8.01. The Hall–Kier alpha value is -4.32. The number of anilines is 1. The van der Waals surface area contributed by atoms with Crippen molar-refractivity contribution in [2.45, 2.75) is 59.1 Å². The van der Waals surface area contributed by atoms with Crippen LogP contribution in [0.1, 0.15) is 51.9 Å². The van der Waals surface area contributed by atoms with Crippen LogP contribution in [-0.2, 0) is 4.74 Å². The molecule has 0 saturated carbocycles. The van der Waals surface area contributed by atoms with Gasteiger partial charge in [-0.1, -0.05) is 37.6 Å². The van der Waals surface area contributed by atoms with E-state index < -0.39 is 23.2 Å². The molecule has 44 heavy (non-hydrogen) atoms. The summed E-state index contributed by atoms with van der Waals surface area (Å²) in [6.45, 7) is 12.2. The molecular formula is C31H33ClFN7O4. The summed E-state index contributed by atoms with van der Waals surface area (Å²) in [4.78, 5) is 48.9. The molecule has 11 nitrogen and oxygen atoms in total. The van der Waals surface area contributed by atoms with Crippen molar-refractivity contribution in [2.24, 2.45) is 0 Å². The molecule has 13 heteroatoms. The molecule has 0 spiro atoms. The quantitative estimate of drug-likeness (QED) is 0.301. The minimum absolute atomic E-state index is 0.0663. The molecule has 0 aliphatic carbocycles. The van der Waals surface area contributed by atoms with Crippen LogP contribution in [0.3, 0.4) is 0 Å². The zero-order valence-electron chi connectivity index (χ0n) is 25.4. The van der Waals surface area contributed by atoms with Crippen molar-refractivity contribution in [3.63, 3.8) is 0 Å². The average molecular weight is 622 g/mol. The van der Waals surface area contributed by atoms with E-state index in [1.807, 2.05) is 39.5 Å². The number of aromatic nitrogens is 5. The number of rotatable bonds is 3. The standard InChI is InChI=1S/C31H33ClFN7O4/c1-16(2)23-25(17(3)34-15-35-23)40-28-21-26(22(32)24(36-28)19-9-7-8-10-20(19)33)43-14-18-13-38(30(42)44-31(4,5)6)11-12-39(18)27(21)37-29(40)41/h7-10,15-16,18H,11-14H2,1-6H3/t18-/m1/s1. The van der Waals surface area contributed by atoms with Crippen LogP contribution in [0.5, 0.6) is 5.75 Å². The fourth-order valence-electron chi connectivity index (χ4n) is 5.69. The van der Waals surface area contributed by atoms with Crippen LogP contribution in [-0.4, -0.2) is 73.4 Å². The number of hydrogen-bond donors (Lipinski definition) is 0. The number of benzene rings is 1. The van der Waals surface area contributed by atoms with Gasteiger partial charge in [0.2, 0.25) is 0 Å². The second-order valence-corrected chi connectivity index (χ2v) is 12.6. The monoisotopic (exact) mass is 621 g/mol. The molecule has 4 aromatic rings. The molecule has 0 bridgehead atoms. The van der Waals surface area contributed by atoms with Crippen molar-refractivity contribution in [3.05, 3.63) is 63.3 Å². The van der Waals surface area contributed by atoms with Crippen molar-refractivity contribution < 1.29 is 18.7 Å². The number of aryl methyl sites for hydroxylation is 1. The molecule has 0 radical (unpaired) electrons. The molecular weight excluding hydrogens is 589 g/mol. The number of ether oxygens (including phenoxy) is 2. The maximum Gasteiger partial charge on any atom is 0.410 e. The van der Waals surface area contributed by atoms with Crippen molar-refractivity contribution in [1.29, 1.82) is 0 Å². The van der Waals surface area contributed by atoms with E-state index in [1.165, 1.54) is 17.0 Å². The van der Waals surface area contributed by atoms with E-state index in [4.69, 9.17) is 26.1 Å². The Morgan fingerprint density at radius 3 is 2.61 bits per heavy atom. The molecule has 1 fully saturated rings. The minimum Gasteiger partial charge on any atom is -0.489 e. The Bertz CT molecular complexity index is 1860. The maximum absolute atomic E-state index is 15.2. The van der Waals surface area contributed by atoms with Gasteiger partial charge in [-0.05, 0) is 45.7 Å². The third-order valence-electron chi connectivity index (χ3n) is 7.66. The lowest BCUT2D eigenvalue weighted by Crippen LogP contribution is -2.57. The van der Waals surface area contributed by atoms with Gasteiger partial charge < -0.3 is 19.3 Å². The molecule has 2 aliphatic heterocycles. The van der Waals surface area contributed by atoms with Gasteiger partial charge >= 0.3 is 11.8 Å². The first-order chi connectivity index (χ1) is 20.9. The van der Waals surface area contributed by atoms with E-state index >= 15 is 4.39 Å². The van der Waals surface area contributed by atoms with Gasteiger partial charge in [0.25, 0.3) is 0 Å². The maximum atomic E-state index is 15.2. The molecule has 1 saturated heterocycles. The minimum atomic E-state index is -0.654. The van der Waals surface area contributed by atoms with E-state index in [1.54, 1.807) is 30.0 Å². The first-order valence-electron chi connectivity index (χ1n) is 14.5. The smallest absolute Gasteiger partial charge is 0.410 e. The highest BCUT2D eigenvalue weighted by molar-refractivity contribution is 6.36. The molecule has 1 aromatic carbocycles. The number of carbonyl (C=O) groups is 1. The van der Waals surface area contributed by atoms with Crippen LogP contribution < -0.4 is 15.3 Å². The summed E-state index contributed by atoms with van der Waals surface area (Å²) >= 11 is 6.98. The lowest BCUT2D eigenvalue weighted by Gasteiger charge is -2.41. The highest BCUT2D eigenvalue weighted by Crippen LogP contribution is 2.45. The van der Waals surface area contributed by atoms with Crippen LogP contribution >= 0.6 is 11.6 Å². The van der Waals surface area contributed by atoms with E-state index in [0.29, 0.717) is 41.4 Å². The van der Waals surface area contributed by atoms with Crippen LogP contribution in [0.15, 0.2) is 35.4 Å². The predicted molar refractivity (Wildman–Crippen MR) is 164 cm³/mol. The van der Waals surface area contributed by atoms with Gasteiger partial charge in [0.05, 0.1) is 28.8 Å². The largest absolute Gasteiger partial charge is 0.489 e. The van der Waals surface area contributed by atoms with Crippen molar-refractivity contribution in [2.75, 3.05) is 31.1 Å². The first-order valence-corrected chi connectivity index (χ1v) is 14.8. The van der Waals surface area contributed by atoms with Gasteiger partial charge in [-0.15, -0.1) is 0 Å². The second-order valence-electron chi connectivity index (χ2n) is 12.3. The molecule has 0 N–H and O–H groups in total. The van der Waals surface area contributed by atoms with E-state index in [2.05, 4.69) is 15.0 Å². The molecule has 3 aromatic heterocycles. The van der Waals surface area contributed by atoms with Crippen LogP contribution in [0, 0.1) is 12.7 Å². The van der Waals surface area contributed by atoms with Gasteiger partial charge in [0, 0.05) is 25.2 Å². The number of pyridine rings is 1. The summed E-state index contributed by atoms with van der Waals surface area (Å²) in [7, 11) is 0. The van der Waals surface area contributed by atoms with Gasteiger partial charge in [-0.25, -0.2) is 33.5 Å². The molecule has 230 valence electrons. The van der Waals surface area contributed by atoms with E-state index in [0.717, 1.165) is 0 Å². The molecule has 2 aliphatic rings. The number of fused-ring (bicyclic) bond motifs is 2. The van der Waals surface area contributed by atoms with Crippen LogP contribution in [0.4, 0.5) is 15.0 Å². The number of amides is 1. The van der Waals surface area contributed by atoms with Crippen molar-refractivity contribution in [1.82, 2.24) is 29.4 Å². The molecule has 6 rings (SSSR count). The third kappa shape index (κ3) is 5.10. The Labute approximate surface area is 258 Å². The predicted octanol–water partition coefficient (Wildman–Crippen LogP) is 5.28. The number of carbonyl (C=O) groups excluding carboxylic acids is 1. The lowest BCUT2D eigenvalue weighted by atomic mass is 10.1. The summed E-state index contributed by atoms with van der Waals surface area (Å²) in [5.74, 6) is -0.0381. The second kappa shape index (κ2) is 11.0. The summed E-state index contributed by atoms with van der Waals surface area (Å²) in [5.41, 5.74) is 0.817. The normalized spacial score (nSPS) is 16.5. The highest BCUT2D eigenvalue weighted by Gasteiger charge is 2.38. The Kier molecular flexibility index (Phi) is 7.43. The summed E-state index contributed by atoms with van der Waals surface area (Å²) in [5, 5.41) is 0.491. The fraction of sp³-hybridized carbons (Fsp3) is 0.419. The molecule has 1 amide bonds. The SMILES string of the molecule is Cc1ncnc(C(C)C)c1-n1c(=O)nc2c3c(c(Cl)c(-c4ccccc4F)nc31)OC[C@H]1CN(C(=O)OC(C)(C)C)CCN21. The topological polar surface area (TPSA) is 116 Å². The van der Waals surface area contributed by atoms with E-state index in [9.17, 15) is 9.59 Å². The zero-order valence-corrected chi connectivity index (χ0v) is 26.1. The van der Waals surface area contributed by atoms with Gasteiger partial charge in [-0.2, -0.15) is 4.98 Å². The summed E-state index contributed by atoms with van der Waals surface area (Å²) < 4.78 is 28.5. The Morgan fingerprint density at radius 1 is 1.16 bits per heavy atom. The van der Waals surface area contributed by atoms with Gasteiger partial charge in [0.1, 0.15) is 40.6 Å². The van der Waals surface area contributed by atoms with Gasteiger partial charge in [0.15, 0.2) is 11.4 Å². The number of halogens is 2. The molecule has 1 atom stereocenters. The van der Waals surface area contributed by atoms with Crippen molar-refractivity contribution >= 4 is 34.5 Å². The highest BCUT2D eigenvalue weighted by atomic mass is 35.5. The first kappa shape index (κ1) is 29.7. The van der Waals surface area contributed by atoms with Crippen LogP contribution in [0.25, 0.3) is 28.0 Å². The Morgan fingerprint density at radius 2 is 1.91 bits per heavy atom. The fourth-order valence-corrected chi connectivity index (χ4v) is 5.98. The number of nitrogens with zero attached hydrogens (tertiary/aromatic N) is 7. The number of hydrogen-bond acceptors (Lipinski definition) is 9. The van der Waals surface area contributed by atoms with E-state index in [-0.39, 0.29) is 52.8 Å². The van der Waals surface area contributed by atoms with Crippen molar-refractivity contribution in [3.8, 4) is 22.7 Å². The molecule has 0 unspecified atom stereocenters. The summed E-state index contributed by atoms with van der Waals surface area (Å²) in [6, 6.07) is 5.77. The summed E-state index contributed by atoms with van der Waals surface area (Å²) in [6.07, 6.45) is 1.02. The zero-order chi connectivity index (χ0) is 31.5.